The molecule has 0 saturated carbocycles. The lowest BCUT2D eigenvalue weighted by molar-refractivity contribution is -0.121. The summed E-state index contributed by atoms with van der Waals surface area (Å²) in [5.74, 6) is -0.641. The first-order valence-corrected chi connectivity index (χ1v) is 13.6. The Morgan fingerprint density at radius 2 is 1.69 bits per heavy atom. The molecular weight excluding hydrogens is 510 g/mol. The van der Waals surface area contributed by atoms with Crippen LogP contribution in [0.25, 0.3) is 0 Å². The minimum absolute atomic E-state index is 0.0531. The van der Waals surface area contributed by atoms with E-state index in [1.54, 1.807) is 17.0 Å². The number of anilines is 2. The van der Waals surface area contributed by atoms with Gasteiger partial charge in [0.25, 0.3) is 0 Å². The van der Waals surface area contributed by atoms with Crippen LogP contribution in [-0.4, -0.2) is 73.1 Å². The number of carbonyl (C=O) groups is 2. The maximum Gasteiger partial charge on any atom is 0.240 e. The highest BCUT2D eigenvalue weighted by molar-refractivity contribution is 6.31. The third-order valence-electron chi connectivity index (χ3n) is 7.65. The van der Waals surface area contributed by atoms with Crippen molar-refractivity contribution in [1.82, 2.24) is 9.80 Å². The van der Waals surface area contributed by atoms with Crippen molar-refractivity contribution in [3.05, 3.63) is 88.9 Å². The lowest BCUT2D eigenvalue weighted by Crippen LogP contribution is -2.57. The van der Waals surface area contributed by atoms with Crippen molar-refractivity contribution < 1.29 is 9.59 Å². The van der Waals surface area contributed by atoms with Crippen molar-refractivity contribution in [2.45, 2.75) is 31.8 Å². The zero-order chi connectivity index (χ0) is 27.7. The smallest absolute Gasteiger partial charge is 0.240 e. The Kier molecular flexibility index (Phi) is 7.84. The summed E-state index contributed by atoms with van der Waals surface area (Å²) >= 11 is 6.17. The topological polar surface area (TPSA) is 68.2 Å². The van der Waals surface area contributed by atoms with E-state index in [1.165, 1.54) is 0 Å². The fraction of sp³-hybridized carbons (Fsp3) is 0.323. The molecule has 0 aromatic heterocycles. The van der Waals surface area contributed by atoms with Crippen LogP contribution in [-0.2, 0) is 9.59 Å². The molecule has 3 unspecified atom stereocenters. The van der Waals surface area contributed by atoms with Crippen LogP contribution >= 0.6 is 11.6 Å². The Balaban J connectivity index is 1.39. The highest BCUT2D eigenvalue weighted by atomic mass is 35.5. The van der Waals surface area contributed by atoms with Crippen LogP contribution in [0, 0.1) is 0 Å². The van der Waals surface area contributed by atoms with Gasteiger partial charge in [-0.15, -0.1) is 0 Å². The lowest BCUT2D eigenvalue weighted by atomic mass is 9.90. The molecule has 5 rings (SSSR count). The molecule has 8 heteroatoms. The van der Waals surface area contributed by atoms with E-state index in [2.05, 4.69) is 36.0 Å². The number of amides is 2. The Bertz CT molecular complexity index is 1380. The second-order valence-corrected chi connectivity index (χ2v) is 11.0. The van der Waals surface area contributed by atoms with Crippen LogP contribution in [0.5, 0.6) is 0 Å². The molecule has 202 valence electrons. The Labute approximate surface area is 235 Å². The molecule has 2 heterocycles. The van der Waals surface area contributed by atoms with Gasteiger partial charge in [0.05, 0.1) is 17.9 Å². The summed E-state index contributed by atoms with van der Waals surface area (Å²) in [7, 11) is 3.94. The number of carbonyl (C=O) groups excluding carboxylic acids is 2. The fourth-order valence-corrected chi connectivity index (χ4v) is 5.81. The maximum atomic E-state index is 13.2. The predicted molar refractivity (Wildman–Crippen MR) is 158 cm³/mol. The summed E-state index contributed by atoms with van der Waals surface area (Å²) in [5, 5.41) is 3.52. The van der Waals surface area contributed by atoms with Gasteiger partial charge in [0, 0.05) is 48.6 Å². The van der Waals surface area contributed by atoms with Crippen molar-refractivity contribution in [2.75, 3.05) is 43.9 Å². The number of hydrogen-bond acceptors (Lipinski definition) is 5. The molecule has 1 saturated heterocycles. The summed E-state index contributed by atoms with van der Waals surface area (Å²) in [6, 6.07) is 23.4. The molecule has 3 aromatic rings. The van der Waals surface area contributed by atoms with Gasteiger partial charge in [-0.25, -0.2) is 0 Å². The molecule has 2 amide bonds. The molecule has 1 fully saturated rings. The summed E-state index contributed by atoms with van der Waals surface area (Å²) in [6.45, 7) is 6.63. The van der Waals surface area contributed by atoms with Crippen molar-refractivity contribution in [2.24, 2.45) is 4.99 Å². The Morgan fingerprint density at radius 3 is 2.36 bits per heavy atom. The molecule has 7 nitrogen and oxygen atoms in total. The lowest BCUT2D eigenvalue weighted by Gasteiger charge is -2.43. The Hall–Kier alpha value is -3.52. The highest BCUT2D eigenvalue weighted by Gasteiger charge is 2.35. The normalized spacial score (nSPS) is 21.9. The average Bonchev–Trinajstić information content (AvgIpc) is 3.24. The first-order valence-electron chi connectivity index (χ1n) is 13.3. The van der Waals surface area contributed by atoms with Gasteiger partial charge in [0.15, 0.2) is 0 Å². The van der Waals surface area contributed by atoms with Crippen LogP contribution < -0.4 is 10.2 Å². The molecule has 3 aromatic carbocycles. The molecule has 0 radical (unpaired) electrons. The van der Waals surface area contributed by atoms with E-state index in [4.69, 9.17) is 16.6 Å². The molecule has 0 spiro atoms. The van der Waals surface area contributed by atoms with E-state index >= 15 is 0 Å². The number of nitrogens with zero attached hydrogens (tertiary/aromatic N) is 4. The summed E-state index contributed by atoms with van der Waals surface area (Å²) in [6.07, 6.45) is 0. The van der Waals surface area contributed by atoms with Crippen LogP contribution in [0.1, 0.15) is 30.9 Å². The number of halogens is 1. The zero-order valence-corrected chi connectivity index (χ0v) is 23.5. The first kappa shape index (κ1) is 27.1. The largest absolute Gasteiger partial charge is 0.325 e. The molecule has 0 aliphatic carbocycles. The second kappa shape index (κ2) is 11.3. The number of nitrogens with one attached hydrogen (secondary N) is 1. The van der Waals surface area contributed by atoms with Gasteiger partial charge in [-0.1, -0.05) is 48.0 Å². The van der Waals surface area contributed by atoms with Crippen molar-refractivity contribution in [1.29, 1.82) is 0 Å². The number of piperazine rings is 1. The number of fused-ring (bicyclic) bond motifs is 1. The van der Waals surface area contributed by atoms with Gasteiger partial charge in [0.2, 0.25) is 11.8 Å². The van der Waals surface area contributed by atoms with E-state index in [0.29, 0.717) is 40.7 Å². The minimum atomic E-state index is -0.559. The number of benzene rings is 3. The first-order chi connectivity index (χ1) is 18.7. The van der Waals surface area contributed by atoms with Crippen molar-refractivity contribution in [3.8, 4) is 0 Å². The van der Waals surface area contributed by atoms with Gasteiger partial charge >= 0.3 is 0 Å². The molecule has 2 aliphatic rings. The van der Waals surface area contributed by atoms with Gasteiger partial charge < -0.3 is 15.1 Å². The summed E-state index contributed by atoms with van der Waals surface area (Å²) in [4.78, 5) is 37.5. The highest BCUT2D eigenvalue weighted by Crippen LogP contribution is 2.37. The monoisotopic (exact) mass is 543 g/mol. The number of aliphatic imine (C=N–C) groups is 1. The second-order valence-electron chi connectivity index (χ2n) is 10.6. The fourth-order valence-electron chi connectivity index (χ4n) is 5.64. The van der Waals surface area contributed by atoms with E-state index in [0.717, 1.165) is 29.9 Å². The number of rotatable bonds is 6. The van der Waals surface area contributed by atoms with E-state index < -0.39 is 5.92 Å². The summed E-state index contributed by atoms with van der Waals surface area (Å²) in [5.41, 5.74) is 4.58. The van der Waals surface area contributed by atoms with E-state index in [9.17, 15) is 9.59 Å². The van der Waals surface area contributed by atoms with Gasteiger partial charge in [-0.05, 0) is 68.4 Å². The molecule has 0 bridgehead atoms. The summed E-state index contributed by atoms with van der Waals surface area (Å²) < 4.78 is 0. The SMILES string of the molecule is CC1CN(C)CC(C)N1CC(=O)N(C)c1ccc(N=C(c2ccccc2)C2C(=O)Nc3cc(Cl)ccc32)cc1. The molecule has 1 N–H and O–H groups in total. The third kappa shape index (κ3) is 5.76. The van der Waals surface area contributed by atoms with Crippen LogP contribution in [0.2, 0.25) is 5.02 Å². The van der Waals surface area contributed by atoms with Crippen LogP contribution in [0.4, 0.5) is 17.1 Å². The van der Waals surface area contributed by atoms with Gasteiger partial charge in [-0.3, -0.25) is 19.5 Å². The molecule has 2 aliphatic heterocycles. The number of likely N-dealkylation sites (N-methyl/N-ethyl adjacent to an activating group) is 2. The van der Waals surface area contributed by atoms with Crippen LogP contribution in [0.3, 0.4) is 0 Å². The molecular formula is C31H34ClN5O2. The third-order valence-corrected chi connectivity index (χ3v) is 7.89. The molecule has 3 atom stereocenters. The predicted octanol–water partition coefficient (Wildman–Crippen LogP) is 5.18. The van der Waals surface area contributed by atoms with E-state index in [-0.39, 0.29) is 11.8 Å². The zero-order valence-electron chi connectivity index (χ0n) is 22.8. The average molecular weight is 544 g/mol. The van der Waals surface area contributed by atoms with Gasteiger partial charge in [0.1, 0.15) is 5.92 Å². The molecule has 39 heavy (non-hydrogen) atoms. The maximum absolute atomic E-state index is 13.2. The standard InChI is InChI=1S/C31H34ClN5O2/c1-20-17-35(3)18-21(2)37(20)19-28(38)36(4)25-13-11-24(12-14-25)33-30(22-8-6-5-7-9-22)29-26-15-10-23(32)16-27(26)34-31(29)39/h5-16,20-21,29H,17-19H2,1-4H3,(H,34,39). The van der Waals surface area contributed by atoms with E-state index in [1.807, 2.05) is 67.7 Å². The quantitative estimate of drug-likeness (QED) is 0.435. The minimum Gasteiger partial charge on any atom is -0.325 e. The van der Waals surface area contributed by atoms with Gasteiger partial charge in [-0.2, -0.15) is 0 Å². The van der Waals surface area contributed by atoms with Crippen LogP contribution in [0.15, 0.2) is 77.8 Å². The Morgan fingerprint density at radius 1 is 1.03 bits per heavy atom. The van der Waals surface area contributed by atoms with Crippen molar-refractivity contribution >= 4 is 46.2 Å². The van der Waals surface area contributed by atoms with Crippen molar-refractivity contribution in [3.63, 3.8) is 0 Å². The number of hydrogen-bond donors (Lipinski definition) is 1.